The first kappa shape index (κ1) is 10.1. The number of amides is 1. The van der Waals surface area contributed by atoms with E-state index in [9.17, 15) is 4.79 Å². The number of aromatic amines is 1. The summed E-state index contributed by atoms with van der Waals surface area (Å²) in [7, 11) is 1.61. The minimum atomic E-state index is -0.0724. The fourth-order valence-electron chi connectivity index (χ4n) is 0.679. The zero-order chi connectivity index (χ0) is 7.40. The second kappa shape index (κ2) is 4.85. The van der Waals surface area contributed by atoms with Crippen LogP contribution in [0.1, 0.15) is 10.4 Å². The summed E-state index contributed by atoms with van der Waals surface area (Å²) in [5, 5.41) is 2.52. The molecule has 1 aromatic rings. The van der Waals surface area contributed by atoms with Crippen molar-refractivity contribution in [2.24, 2.45) is 0 Å². The van der Waals surface area contributed by atoms with Gasteiger partial charge < -0.3 is 22.3 Å². The van der Waals surface area contributed by atoms with Gasteiger partial charge in [-0.25, -0.2) is 4.98 Å². The molecule has 0 atom stereocenters. The summed E-state index contributed by atoms with van der Waals surface area (Å²) in [4.78, 5) is 13.7. The molecule has 2 N–H and O–H groups in total. The molecule has 0 saturated carbocycles. The second-order valence-corrected chi connectivity index (χ2v) is 1.87. The Morgan fingerprint density at radius 3 is 2.82 bits per heavy atom. The highest BCUT2D eigenvalue weighted by Crippen LogP contribution is 1.90. The number of aromatic nitrogens is 1. The molecule has 3 nitrogen and oxygen atoms in total. The molecule has 11 heavy (non-hydrogen) atoms. The molecule has 1 amide bonds. The largest absolute Gasteiger partial charge is 1.00 e. The Hall–Kier alpha value is -0.900. The molecule has 0 fully saturated rings. The number of H-pyrrole nitrogens is 1. The van der Waals surface area contributed by atoms with Gasteiger partial charge in [-0.3, -0.25) is 4.79 Å². The minimum Gasteiger partial charge on any atom is -1.00 e. The molecule has 0 aliphatic rings. The van der Waals surface area contributed by atoms with Gasteiger partial charge in [-0.2, -0.15) is 0 Å². The van der Waals surface area contributed by atoms with Crippen LogP contribution in [0.15, 0.2) is 24.5 Å². The third-order valence-electron chi connectivity index (χ3n) is 1.20. The van der Waals surface area contributed by atoms with Crippen LogP contribution in [0.25, 0.3) is 0 Å². The van der Waals surface area contributed by atoms with E-state index in [0.717, 1.165) is 0 Å². The summed E-state index contributed by atoms with van der Waals surface area (Å²) < 4.78 is 0. The third-order valence-corrected chi connectivity index (χ3v) is 1.20. The quantitative estimate of drug-likeness (QED) is 0.531. The minimum absolute atomic E-state index is 0. The highest BCUT2D eigenvalue weighted by atomic mass is 79.9. The van der Waals surface area contributed by atoms with Crippen LogP contribution >= 0.6 is 0 Å². The first-order valence-electron chi connectivity index (χ1n) is 3.03. The molecular formula is C7H9BrN2O. The molecule has 0 bridgehead atoms. The van der Waals surface area contributed by atoms with Crippen LogP contribution in [0, 0.1) is 0 Å². The average Bonchev–Trinajstić information content (AvgIpc) is 2.05. The van der Waals surface area contributed by atoms with E-state index in [1.165, 1.54) is 0 Å². The summed E-state index contributed by atoms with van der Waals surface area (Å²) in [5.74, 6) is -0.0724. The normalized spacial score (nSPS) is 8.09. The summed E-state index contributed by atoms with van der Waals surface area (Å²) in [6, 6.07) is 3.53. The highest BCUT2D eigenvalue weighted by Gasteiger charge is 2.02. The third kappa shape index (κ3) is 2.67. The van der Waals surface area contributed by atoms with Crippen molar-refractivity contribution in [1.29, 1.82) is 0 Å². The van der Waals surface area contributed by atoms with E-state index in [4.69, 9.17) is 0 Å². The number of halogens is 1. The van der Waals surface area contributed by atoms with Gasteiger partial charge >= 0.3 is 0 Å². The number of pyridine rings is 1. The molecule has 4 heteroatoms. The number of hydrogen-bond donors (Lipinski definition) is 1. The number of carbonyl (C=O) groups excluding carboxylic acids is 1. The maximum absolute atomic E-state index is 10.9. The monoisotopic (exact) mass is 216 g/mol. The zero-order valence-electron chi connectivity index (χ0n) is 6.10. The molecule has 0 saturated heterocycles. The molecule has 0 aliphatic heterocycles. The average molecular weight is 217 g/mol. The van der Waals surface area contributed by atoms with Gasteiger partial charge in [0.1, 0.15) is 5.56 Å². The Bertz CT molecular complexity index is 225. The molecule has 1 aromatic heterocycles. The van der Waals surface area contributed by atoms with Crippen LogP contribution < -0.4 is 27.3 Å². The van der Waals surface area contributed by atoms with Crippen molar-refractivity contribution in [3.05, 3.63) is 30.1 Å². The molecule has 0 aliphatic carbocycles. The van der Waals surface area contributed by atoms with Gasteiger partial charge in [0.2, 0.25) is 0 Å². The molecule has 1 rings (SSSR count). The van der Waals surface area contributed by atoms with E-state index in [2.05, 4.69) is 10.3 Å². The van der Waals surface area contributed by atoms with E-state index in [0.29, 0.717) is 5.56 Å². The van der Waals surface area contributed by atoms with E-state index in [1.807, 2.05) is 0 Å². The Balaban J connectivity index is 0.000001000. The summed E-state index contributed by atoms with van der Waals surface area (Å²) >= 11 is 0. The number of carbonyl (C=O) groups is 1. The lowest BCUT2D eigenvalue weighted by molar-refractivity contribution is -0.378. The molecule has 1 heterocycles. The van der Waals surface area contributed by atoms with Crippen LogP contribution in [-0.2, 0) is 0 Å². The number of rotatable bonds is 1. The maximum atomic E-state index is 10.9. The van der Waals surface area contributed by atoms with Gasteiger partial charge in [0, 0.05) is 13.1 Å². The van der Waals surface area contributed by atoms with Crippen LogP contribution in [0.4, 0.5) is 0 Å². The number of hydrogen-bond acceptors (Lipinski definition) is 1. The SMILES string of the molecule is CNC(=O)c1ccc[nH+]c1.[Br-]. The van der Waals surface area contributed by atoms with Crippen LogP contribution in [0.2, 0.25) is 0 Å². The van der Waals surface area contributed by atoms with Gasteiger partial charge in [0.05, 0.1) is 0 Å². The Kier molecular flexibility index (Phi) is 4.45. The van der Waals surface area contributed by atoms with Gasteiger partial charge in [-0.05, 0) is 6.07 Å². The van der Waals surface area contributed by atoms with Crippen LogP contribution in [0.5, 0.6) is 0 Å². The lowest BCUT2D eigenvalue weighted by atomic mass is 10.3. The second-order valence-electron chi connectivity index (χ2n) is 1.87. The van der Waals surface area contributed by atoms with Gasteiger partial charge in [-0.1, -0.05) is 0 Å². The van der Waals surface area contributed by atoms with Crippen molar-refractivity contribution in [3.8, 4) is 0 Å². The fourth-order valence-corrected chi connectivity index (χ4v) is 0.679. The Morgan fingerprint density at radius 2 is 2.36 bits per heavy atom. The van der Waals surface area contributed by atoms with Crippen molar-refractivity contribution in [2.45, 2.75) is 0 Å². The first-order chi connectivity index (χ1) is 4.84. The molecule has 0 unspecified atom stereocenters. The van der Waals surface area contributed by atoms with Crippen molar-refractivity contribution < 1.29 is 26.8 Å². The summed E-state index contributed by atoms with van der Waals surface area (Å²) in [5.41, 5.74) is 0.644. The topological polar surface area (TPSA) is 43.2 Å². The molecule has 0 spiro atoms. The summed E-state index contributed by atoms with van der Waals surface area (Å²) in [6.07, 6.45) is 3.41. The predicted octanol–water partition coefficient (Wildman–Crippen LogP) is -3.14. The zero-order valence-corrected chi connectivity index (χ0v) is 7.68. The molecular weight excluding hydrogens is 208 g/mol. The lowest BCUT2D eigenvalue weighted by Crippen LogP contribution is -3.00. The molecule has 60 valence electrons. The summed E-state index contributed by atoms with van der Waals surface area (Å²) in [6.45, 7) is 0. The lowest BCUT2D eigenvalue weighted by Gasteiger charge is -1.92. The standard InChI is InChI=1S/C7H8N2O.BrH/c1-8-7(10)6-3-2-4-9-5-6;/h2-5H,1H3,(H,8,10);1H. The Labute approximate surface area is 75.6 Å². The van der Waals surface area contributed by atoms with E-state index in [-0.39, 0.29) is 22.9 Å². The maximum Gasteiger partial charge on any atom is 0.257 e. The van der Waals surface area contributed by atoms with E-state index < -0.39 is 0 Å². The fraction of sp³-hybridized carbons (Fsp3) is 0.143. The van der Waals surface area contributed by atoms with E-state index in [1.54, 1.807) is 31.6 Å². The van der Waals surface area contributed by atoms with E-state index >= 15 is 0 Å². The smallest absolute Gasteiger partial charge is 0.257 e. The predicted molar refractivity (Wildman–Crippen MR) is 36.4 cm³/mol. The van der Waals surface area contributed by atoms with Gasteiger partial charge in [0.25, 0.3) is 5.91 Å². The van der Waals surface area contributed by atoms with Crippen molar-refractivity contribution in [1.82, 2.24) is 5.32 Å². The first-order valence-corrected chi connectivity index (χ1v) is 3.03. The highest BCUT2D eigenvalue weighted by molar-refractivity contribution is 5.93. The van der Waals surface area contributed by atoms with Crippen molar-refractivity contribution in [2.75, 3.05) is 7.05 Å². The van der Waals surface area contributed by atoms with Gasteiger partial charge in [-0.15, -0.1) is 0 Å². The molecule has 0 aromatic carbocycles. The van der Waals surface area contributed by atoms with Crippen LogP contribution in [-0.4, -0.2) is 13.0 Å². The van der Waals surface area contributed by atoms with Crippen LogP contribution in [0.3, 0.4) is 0 Å². The van der Waals surface area contributed by atoms with Crippen molar-refractivity contribution in [3.63, 3.8) is 0 Å². The molecule has 0 radical (unpaired) electrons. The van der Waals surface area contributed by atoms with Gasteiger partial charge in [0.15, 0.2) is 12.4 Å². The Morgan fingerprint density at radius 1 is 1.64 bits per heavy atom. The number of nitrogens with one attached hydrogen (secondary N) is 2. The van der Waals surface area contributed by atoms with Crippen molar-refractivity contribution >= 4 is 5.91 Å².